The van der Waals surface area contributed by atoms with Gasteiger partial charge >= 0.3 is 0 Å². The first kappa shape index (κ1) is 34.3. The zero-order valence-electron chi connectivity index (χ0n) is 27.7. The Morgan fingerprint density at radius 2 is 1.73 bits per heavy atom. The Morgan fingerprint density at radius 3 is 2.47 bits per heavy atom. The van der Waals surface area contributed by atoms with Crippen LogP contribution in [0, 0.1) is 6.92 Å². The van der Waals surface area contributed by atoms with Gasteiger partial charge in [-0.25, -0.2) is 4.98 Å². The van der Waals surface area contributed by atoms with Gasteiger partial charge in [0.2, 0.25) is 17.7 Å². The van der Waals surface area contributed by atoms with E-state index in [1.54, 1.807) is 30.2 Å². The number of carbonyl (C=O) groups excluding carboxylic acids is 3. The third-order valence-corrected chi connectivity index (χ3v) is 9.82. The molecule has 1 aromatic heterocycles. The van der Waals surface area contributed by atoms with Crippen molar-refractivity contribution in [3.05, 3.63) is 93.6 Å². The lowest BCUT2D eigenvalue weighted by Crippen LogP contribution is -2.37. The number of anilines is 3. The van der Waals surface area contributed by atoms with Gasteiger partial charge in [0.15, 0.2) is 5.75 Å². The van der Waals surface area contributed by atoms with Gasteiger partial charge in [0.05, 0.1) is 34.2 Å². The zero-order chi connectivity index (χ0) is 34.5. The summed E-state index contributed by atoms with van der Waals surface area (Å²) in [5, 5.41) is 4.38. The third-order valence-electron chi connectivity index (χ3n) is 9.04. The topological polar surface area (TPSA) is 95.1 Å². The van der Waals surface area contributed by atoms with E-state index in [-0.39, 0.29) is 25.0 Å². The molecule has 0 radical (unpaired) electrons. The summed E-state index contributed by atoms with van der Waals surface area (Å²) in [5.41, 5.74) is 5.35. The van der Waals surface area contributed by atoms with Gasteiger partial charge in [0, 0.05) is 60.8 Å². The number of nitrogens with one attached hydrogen (secondary N) is 1. The van der Waals surface area contributed by atoms with Crippen LogP contribution in [0.4, 0.5) is 17.1 Å². The Kier molecular flexibility index (Phi) is 10.7. The van der Waals surface area contributed by atoms with Gasteiger partial charge in [-0.15, -0.1) is 0 Å². The lowest BCUT2D eigenvalue weighted by Gasteiger charge is -2.32. The molecule has 254 valence electrons. The van der Waals surface area contributed by atoms with Gasteiger partial charge < -0.3 is 24.8 Å². The summed E-state index contributed by atoms with van der Waals surface area (Å²) in [6.45, 7) is 4.38. The molecule has 6 rings (SSSR count). The molecule has 0 unspecified atom stereocenters. The zero-order valence-corrected chi connectivity index (χ0v) is 29.2. The Hall–Kier alpha value is -4.60. The van der Waals surface area contributed by atoms with Gasteiger partial charge in [0.1, 0.15) is 6.61 Å². The van der Waals surface area contributed by atoms with Crippen molar-refractivity contribution < 1.29 is 19.1 Å². The minimum atomic E-state index is -0.416. The second-order valence-electron chi connectivity index (χ2n) is 12.3. The predicted molar refractivity (Wildman–Crippen MR) is 197 cm³/mol. The molecule has 3 aromatic carbocycles. The first-order valence-corrected chi connectivity index (χ1v) is 17.3. The summed E-state index contributed by atoms with van der Waals surface area (Å²) in [5.74, 6) is 0.0355. The largest absolute Gasteiger partial charge is 0.485 e. The van der Waals surface area contributed by atoms with Crippen molar-refractivity contribution in [1.82, 2.24) is 10.3 Å². The van der Waals surface area contributed by atoms with Crippen LogP contribution in [-0.4, -0.2) is 55.9 Å². The molecule has 0 aliphatic carbocycles. The smallest absolute Gasteiger partial charge is 0.246 e. The highest BCUT2D eigenvalue weighted by Crippen LogP contribution is 2.41. The van der Waals surface area contributed by atoms with Crippen molar-refractivity contribution in [2.45, 2.75) is 45.6 Å². The molecule has 2 saturated heterocycles. The molecule has 0 bridgehead atoms. The number of pyridine rings is 1. The third kappa shape index (κ3) is 7.68. The molecule has 2 aliphatic heterocycles. The number of hydrogen-bond acceptors (Lipinski definition) is 6. The number of benzene rings is 3. The van der Waals surface area contributed by atoms with Crippen LogP contribution in [0.2, 0.25) is 10.0 Å². The van der Waals surface area contributed by atoms with E-state index in [1.165, 1.54) is 17.4 Å². The van der Waals surface area contributed by atoms with Crippen molar-refractivity contribution >= 4 is 75.0 Å². The molecular formula is C38H39Cl2N5O4. The number of para-hydroxylation sites is 1. The summed E-state index contributed by atoms with van der Waals surface area (Å²) >= 11 is 13.5. The van der Waals surface area contributed by atoms with Crippen molar-refractivity contribution in [2.24, 2.45) is 0 Å². The van der Waals surface area contributed by atoms with E-state index >= 15 is 0 Å². The molecule has 0 saturated carbocycles. The SMILES string of the molecule is Cc1nc2ccccc2c(N2CCCCC2)c1OCc1c(Cl)ccc(N(C)C(=O)CNC(=O)/C=C/c2ccc(N3CCCC3=O)cc2)c1Cl. The summed E-state index contributed by atoms with van der Waals surface area (Å²) in [4.78, 5) is 48.0. The van der Waals surface area contributed by atoms with Crippen LogP contribution >= 0.6 is 23.2 Å². The van der Waals surface area contributed by atoms with Crippen LogP contribution in [0.25, 0.3) is 17.0 Å². The van der Waals surface area contributed by atoms with E-state index in [0.717, 1.165) is 72.4 Å². The average Bonchev–Trinajstić information content (AvgIpc) is 3.55. The van der Waals surface area contributed by atoms with E-state index in [4.69, 9.17) is 32.9 Å². The molecule has 0 spiro atoms. The minimum Gasteiger partial charge on any atom is -0.485 e. The maximum absolute atomic E-state index is 13.1. The normalized spacial score (nSPS) is 14.9. The summed E-state index contributed by atoms with van der Waals surface area (Å²) in [7, 11) is 1.60. The minimum absolute atomic E-state index is 0.0755. The van der Waals surface area contributed by atoms with E-state index in [9.17, 15) is 14.4 Å². The Labute approximate surface area is 296 Å². The summed E-state index contributed by atoms with van der Waals surface area (Å²) in [6, 6.07) is 18.9. The highest BCUT2D eigenvalue weighted by Gasteiger charge is 2.24. The maximum Gasteiger partial charge on any atom is 0.246 e. The van der Waals surface area contributed by atoms with Crippen LogP contribution in [0.15, 0.2) is 66.7 Å². The van der Waals surface area contributed by atoms with Crippen LogP contribution < -0.4 is 24.8 Å². The van der Waals surface area contributed by atoms with Gasteiger partial charge in [-0.3, -0.25) is 14.4 Å². The number of ether oxygens (including phenoxy) is 1. The lowest BCUT2D eigenvalue weighted by atomic mass is 10.1. The van der Waals surface area contributed by atoms with E-state index in [2.05, 4.69) is 16.3 Å². The molecular weight excluding hydrogens is 661 g/mol. The Bertz CT molecular complexity index is 1910. The maximum atomic E-state index is 13.1. The quantitative estimate of drug-likeness (QED) is 0.174. The van der Waals surface area contributed by atoms with Crippen molar-refractivity contribution in [3.63, 3.8) is 0 Å². The molecule has 0 atom stereocenters. The van der Waals surface area contributed by atoms with Crippen LogP contribution in [0.1, 0.15) is 48.9 Å². The first-order valence-electron chi connectivity index (χ1n) is 16.6. The number of nitrogens with zero attached hydrogens (tertiary/aromatic N) is 4. The number of amides is 3. The molecule has 1 N–H and O–H groups in total. The number of carbonyl (C=O) groups is 3. The second kappa shape index (κ2) is 15.3. The first-order chi connectivity index (χ1) is 23.7. The number of halogens is 2. The number of piperidine rings is 1. The van der Waals surface area contributed by atoms with E-state index in [0.29, 0.717) is 33.5 Å². The van der Waals surface area contributed by atoms with Gasteiger partial charge in [-0.05, 0) is 74.6 Å². The van der Waals surface area contributed by atoms with Crippen LogP contribution in [0.5, 0.6) is 5.75 Å². The van der Waals surface area contributed by atoms with E-state index in [1.807, 2.05) is 49.4 Å². The fraction of sp³-hybridized carbons (Fsp3) is 0.316. The molecule has 49 heavy (non-hydrogen) atoms. The standard InChI is InChI=1S/C38H39Cl2N5O4/c1-25-38(37(44-20-6-3-7-21-44)28-9-4-5-10-31(28)42-25)49-24-29-30(39)17-18-32(36(29)40)43(2)35(48)23-41-33(46)19-14-26-12-15-27(16-13-26)45-22-8-11-34(45)47/h4-5,9-10,12-19H,3,6-8,11,20-24H2,1-2H3,(H,41,46)/b19-14+. The van der Waals surface area contributed by atoms with Gasteiger partial charge in [-0.1, -0.05) is 53.5 Å². The highest BCUT2D eigenvalue weighted by atomic mass is 35.5. The number of aromatic nitrogens is 1. The van der Waals surface area contributed by atoms with Crippen molar-refractivity contribution in [2.75, 3.05) is 47.9 Å². The van der Waals surface area contributed by atoms with Gasteiger partial charge in [0.25, 0.3) is 0 Å². The number of hydrogen-bond donors (Lipinski definition) is 1. The molecule has 4 aromatic rings. The molecule has 3 heterocycles. The fourth-order valence-corrected chi connectivity index (χ4v) is 6.96. The van der Waals surface area contributed by atoms with Crippen LogP contribution in [0.3, 0.4) is 0 Å². The molecule has 2 aliphatic rings. The monoisotopic (exact) mass is 699 g/mol. The number of fused-ring (bicyclic) bond motifs is 1. The molecule has 11 heteroatoms. The van der Waals surface area contributed by atoms with Crippen LogP contribution in [-0.2, 0) is 21.0 Å². The van der Waals surface area contributed by atoms with Gasteiger partial charge in [-0.2, -0.15) is 0 Å². The Balaban J connectivity index is 1.11. The number of aryl methyl sites for hydroxylation is 1. The average molecular weight is 701 g/mol. The predicted octanol–water partition coefficient (Wildman–Crippen LogP) is 7.34. The summed E-state index contributed by atoms with van der Waals surface area (Å²) < 4.78 is 6.49. The summed E-state index contributed by atoms with van der Waals surface area (Å²) in [6.07, 6.45) is 7.89. The van der Waals surface area contributed by atoms with E-state index < -0.39 is 5.91 Å². The lowest BCUT2D eigenvalue weighted by molar-refractivity contribution is -0.122. The molecule has 3 amide bonds. The van der Waals surface area contributed by atoms with Crippen molar-refractivity contribution in [1.29, 1.82) is 0 Å². The molecule has 9 nitrogen and oxygen atoms in total. The molecule has 2 fully saturated rings. The highest BCUT2D eigenvalue weighted by molar-refractivity contribution is 6.38. The number of rotatable bonds is 10. The fourth-order valence-electron chi connectivity index (χ4n) is 6.35. The Morgan fingerprint density at radius 1 is 0.980 bits per heavy atom. The van der Waals surface area contributed by atoms with Crippen molar-refractivity contribution in [3.8, 4) is 5.75 Å². The number of likely N-dealkylation sites (N-methyl/N-ethyl adjacent to an activating group) is 1. The second-order valence-corrected chi connectivity index (χ2v) is 13.1.